The number of alkyl halides is 2. The highest BCUT2D eigenvalue weighted by atomic mass is 35.5. The Labute approximate surface area is 181 Å². The minimum absolute atomic E-state index is 0.00492. The molecule has 2 aliphatic heterocycles. The maximum atomic E-state index is 14.9. The summed E-state index contributed by atoms with van der Waals surface area (Å²) in [4.78, 5) is 32.1. The van der Waals surface area contributed by atoms with Crippen LogP contribution in [0.1, 0.15) is 23.2 Å². The molecule has 11 heteroatoms. The minimum Gasteiger partial charge on any atom is -0.483 e. The van der Waals surface area contributed by atoms with Crippen LogP contribution in [-0.2, 0) is 4.79 Å². The summed E-state index contributed by atoms with van der Waals surface area (Å²) in [6.07, 6.45) is 1.82. The molecule has 1 atom stereocenters. The number of nitrogens with zero attached hydrogens (tertiary/aromatic N) is 4. The van der Waals surface area contributed by atoms with Crippen molar-refractivity contribution in [3.63, 3.8) is 0 Å². The summed E-state index contributed by atoms with van der Waals surface area (Å²) in [5.74, 6) is -3.60. The first-order valence-electron chi connectivity index (χ1n) is 9.44. The van der Waals surface area contributed by atoms with Gasteiger partial charge in [0.25, 0.3) is 18.3 Å². The van der Waals surface area contributed by atoms with Crippen LogP contribution in [0.3, 0.4) is 0 Å². The molecule has 0 radical (unpaired) electrons. The first-order valence-corrected chi connectivity index (χ1v) is 9.82. The Kier molecular flexibility index (Phi) is 6.68. The summed E-state index contributed by atoms with van der Waals surface area (Å²) in [6.45, 7) is -0.0123. The molecule has 1 N–H and O–H groups in total. The number of benzene rings is 1. The number of hydrogen-bond donors (Lipinski definition) is 1. The van der Waals surface area contributed by atoms with Gasteiger partial charge >= 0.3 is 0 Å². The number of rotatable bonds is 2. The van der Waals surface area contributed by atoms with Crippen LogP contribution in [0, 0.1) is 11.2 Å². The topological polar surface area (TPSA) is 86.6 Å². The molecule has 1 unspecified atom stereocenters. The summed E-state index contributed by atoms with van der Waals surface area (Å²) in [7, 11) is 0. The van der Waals surface area contributed by atoms with E-state index in [9.17, 15) is 18.0 Å². The number of likely N-dealkylation sites (tertiary alicyclic amines) is 1. The normalized spacial score (nSPS) is 22.1. The van der Waals surface area contributed by atoms with Crippen LogP contribution in [-0.4, -0.2) is 64.5 Å². The number of anilines is 1. The van der Waals surface area contributed by atoms with Crippen LogP contribution < -0.4 is 4.90 Å². The quantitative estimate of drug-likeness (QED) is 0.697. The summed E-state index contributed by atoms with van der Waals surface area (Å²) < 4.78 is 42.9. The van der Waals surface area contributed by atoms with E-state index in [1.807, 2.05) is 0 Å². The average Bonchev–Trinajstić information content (AvgIpc) is 3.16. The SMILES string of the molecule is O=C(c1cccc(Cl)c1)N1CCC(F)(F)C2(CCN(c3ncc(F)cn3)C2)C1.O=CO. The van der Waals surface area contributed by atoms with Gasteiger partial charge in [-0.15, -0.1) is 0 Å². The minimum atomic E-state index is -2.92. The molecule has 2 aromatic rings. The van der Waals surface area contributed by atoms with E-state index in [1.165, 1.54) is 11.0 Å². The number of amides is 1. The Balaban J connectivity index is 0.000000858. The highest BCUT2D eigenvalue weighted by Gasteiger charge is 2.60. The lowest BCUT2D eigenvalue weighted by molar-refractivity contribution is -0.150. The fourth-order valence-electron chi connectivity index (χ4n) is 4.02. The standard InChI is InChI=1S/C19H18ClF3N4O.CH2O2/c20-14-3-1-2-13(8-14)16(28)26-7-5-19(22,23)18(11-26)4-6-27(12-18)17-24-9-15(21)10-25-17;2-1-3/h1-3,8-10H,4-7,11-12H2;1H,(H,2,3). The van der Waals surface area contributed by atoms with E-state index in [0.717, 1.165) is 12.4 Å². The third-order valence-electron chi connectivity index (χ3n) is 5.57. The van der Waals surface area contributed by atoms with Crippen molar-refractivity contribution in [2.24, 2.45) is 5.41 Å². The van der Waals surface area contributed by atoms with Crippen LogP contribution in [0.25, 0.3) is 0 Å². The fraction of sp³-hybridized carbons (Fsp3) is 0.400. The molecular weight excluding hydrogens is 437 g/mol. The van der Waals surface area contributed by atoms with Gasteiger partial charge in [0.1, 0.15) is 0 Å². The van der Waals surface area contributed by atoms with Crippen molar-refractivity contribution in [2.75, 3.05) is 31.1 Å². The van der Waals surface area contributed by atoms with E-state index >= 15 is 0 Å². The summed E-state index contributed by atoms with van der Waals surface area (Å²) >= 11 is 5.95. The van der Waals surface area contributed by atoms with Gasteiger partial charge in [0.05, 0.1) is 17.8 Å². The number of carboxylic acid groups (broad SMARTS) is 1. The first-order chi connectivity index (χ1) is 14.7. The number of aromatic nitrogens is 2. The molecule has 2 aliphatic rings. The summed E-state index contributed by atoms with van der Waals surface area (Å²) in [6, 6.07) is 6.48. The molecule has 0 aliphatic carbocycles. The summed E-state index contributed by atoms with van der Waals surface area (Å²) in [5, 5.41) is 7.31. The Bertz CT molecular complexity index is 948. The Morgan fingerprint density at radius 3 is 2.48 bits per heavy atom. The fourth-order valence-corrected chi connectivity index (χ4v) is 4.21. The molecule has 0 bridgehead atoms. The molecular formula is C20H20ClF3N4O3. The number of hydrogen-bond acceptors (Lipinski definition) is 5. The third kappa shape index (κ3) is 4.73. The molecule has 7 nitrogen and oxygen atoms in total. The van der Waals surface area contributed by atoms with Gasteiger partial charge in [0.15, 0.2) is 5.82 Å². The zero-order valence-corrected chi connectivity index (χ0v) is 17.1. The molecule has 1 aromatic carbocycles. The van der Waals surface area contributed by atoms with Crippen molar-refractivity contribution in [1.29, 1.82) is 0 Å². The number of piperidine rings is 1. The highest BCUT2D eigenvalue weighted by Crippen LogP contribution is 2.50. The van der Waals surface area contributed by atoms with Gasteiger partial charge in [-0.05, 0) is 24.6 Å². The number of carbonyl (C=O) groups is 2. The predicted molar refractivity (Wildman–Crippen MR) is 107 cm³/mol. The molecule has 166 valence electrons. The average molecular weight is 457 g/mol. The van der Waals surface area contributed by atoms with Gasteiger partial charge in [0, 0.05) is 43.2 Å². The van der Waals surface area contributed by atoms with E-state index in [1.54, 1.807) is 23.1 Å². The van der Waals surface area contributed by atoms with E-state index in [4.69, 9.17) is 21.5 Å². The monoisotopic (exact) mass is 456 g/mol. The zero-order chi connectivity index (χ0) is 22.6. The molecule has 1 aromatic heterocycles. The second kappa shape index (κ2) is 9.09. The van der Waals surface area contributed by atoms with Gasteiger partial charge in [-0.25, -0.2) is 23.1 Å². The Morgan fingerprint density at radius 2 is 1.84 bits per heavy atom. The smallest absolute Gasteiger partial charge is 0.290 e. The molecule has 2 fully saturated rings. The van der Waals surface area contributed by atoms with E-state index in [0.29, 0.717) is 17.1 Å². The lowest BCUT2D eigenvalue weighted by Crippen LogP contribution is -2.58. The highest BCUT2D eigenvalue weighted by molar-refractivity contribution is 6.30. The molecule has 2 saturated heterocycles. The molecule has 4 rings (SSSR count). The lowest BCUT2D eigenvalue weighted by atomic mass is 9.75. The Hall–Kier alpha value is -2.88. The molecule has 1 spiro atoms. The largest absolute Gasteiger partial charge is 0.483 e. The molecule has 1 amide bonds. The van der Waals surface area contributed by atoms with Crippen molar-refractivity contribution in [1.82, 2.24) is 14.9 Å². The van der Waals surface area contributed by atoms with E-state index in [-0.39, 0.29) is 44.4 Å². The van der Waals surface area contributed by atoms with Crippen LogP contribution in [0.5, 0.6) is 0 Å². The zero-order valence-electron chi connectivity index (χ0n) is 16.3. The van der Waals surface area contributed by atoms with E-state index < -0.39 is 23.6 Å². The van der Waals surface area contributed by atoms with Crippen LogP contribution in [0.4, 0.5) is 19.1 Å². The molecule has 0 saturated carbocycles. The summed E-state index contributed by atoms with van der Waals surface area (Å²) in [5.41, 5.74) is -1.01. The van der Waals surface area contributed by atoms with Gasteiger partial charge in [-0.3, -0.25) is 9.59 Å². The van der Waals surface area contributed by atoms with Crippen molar-refractivity contribution in [2.45, 2.75) is 18.8 Å². The Morgan fingerprint density at radius 1 is 1.16 bits per heavy atom. The lowest BCUT2D eigenvalue weighted by Gasteiger charge is -2.45. The molecule has 31 heavy (non-hydrogen) atoms. The third-order valence-corrected chi connectivity index (χ3v) is 5.80. The second-order valence-corrected chi connectivity index (χ2v) is 7.89. The second-order valence-electron chi connectivity index (χ2n) is 7.45. The maximum Gasteiger partial charge on any atom is 0.290 e. The molecule has 3 heterocycles. The maximum absolute atomic E-state index is 14.9. The predicted octanol–water partition coefficient (Wildman–Crippen LogP) is 3.35. The van der Waals surface area contributed by atoms with Gasteiger partial charge in [-0.2, -0.15) is 0 Å². The van der Waals surface area contributed by atoms with E-state index in [2.05, 4.69) is 9.97 Å². The van der Waals surface area contributed by atoms with Gasteiger partial charge in [-0.1, -0.05) is 17.7 Å². The number of halogens is 4. The van der Waals surface area contributed by atoms with Crippen LogP contribution in [0.15, 0.2) is 36.7 Å². The van der Waals surface area contributed by atoms with Crippen LogP contribution >= 0.6 is 11.6 Å². The van der Waals surface area contributed by atoms with Crippen molar-refractivity contribution < 1.29 is 27.9 Å². The van der Waals surface area contributed by atoms with Gasteiger partial charge < -0.3 is 14.9 Å². The van der Waals surface area contributed by atoms with Crippen molar-refractivity contribution in [3.05, 3.63) is 53.1 Å². The van der Waals surface area contributed by atoms with Crippen molar-refractivity contribution in [3.8, 4) is 0 Å². The van der Waals surface area contributed by atoms with Crippen molar-refractivity contribution >= 4 is 29.9 Å². The number of carbonyl (C=O) groups excluding carboxylic acids is 1. The van der Waals surface area contributed by atoms with Gasteiger partial charge in [0.2, 0.25) is 5.95 Å². The first kappa shape index (κ1) is 22.8. The van der Waals surface area contributed by atoms with Crippen LogP contribution in [0.2, 0.25) is 5.02 Å².